The Kier molecular flexibility index (Phi) is 3.79. The molecule has 2 aliphatic heterocycles. The zero-order chi connectivity index (χ0) is 14.2. The van der Waals surface area contributed by atoms with Gasteiger partial charge in [-0.3, -0.25) is 0 Å². The maximum absolute atomic E-state index is 2.37. The number of benzene rings is 1. The summed E-state index contributed by atoms with van der Waals surface area (Å²) in [5.74, 6) is 1.12. The Morgan fingerprint density at radius 3 is 2.67 bits per heavy atom. The van der Waals surface area contributed by atoms with E-state index in [1.807, 2.05) is 23.1 Å². The van der Waals surface area contributed by atoms with Gasteiger partial charge in [-0.2, -0.15) is 0 Å². The number of piperazine rings is 1. The molecule has 3 heterocycles. The molecular weight excluding hydrogens is 296 g/mol. The average molecular weight is 319 g/mol. The SMILES string of the molecule is C[NH+]1CC[NH+]([C@@H]2c3ccccc3CSc3sccc32)CC1. The number of nitrogens with one attached hydrogen (secondary N) is 2. The predicted octanol–water partition coefficient (Wildman–Crippen LogP) is 0.856. The lowest BCUT2D eigenvalue weighted by molar-refractivity contribution is -1.02. The van der Waals surface area contributed by atoms with Crippen LogP contribution in [0, 0.1) is 0 Å². The zero-order valence-corrected chi connectivity index (χ0v) is 14.0. The quantitative estimate of drug-likeness (QED) is 0.793. The van der Waals surface area contributed by atoms with E-state index >= 15 is 0 Å². The van der Waals surface area contributed by atoms with E-state index < -0.39 is 0 Å². The Morgan fingerprint density at radius 2 is 1.81 bits per heavy atom. The number of thioether (sulfide) groups is 1. The first-order valence-corrected chi connectivity index (χ1v) is 9.63. The third-order valence-electron chi connectivity index (χ3n) is 4.85. The van der Waals surface area contributed by atoms with Crippen LogP contribution >= 0.6 is 23.1 Å². The molecule has 2 nitrogen and oxygen atoms in total. The Labute approximate surface area is 134 Å². The lowest BCUT2D eigenvalue weighted by Gasteiger charge is -2.33. The topological polar surface area (TPSA) is 8.88 Å². The number of likely N-dealkylation sites (N-methyl/N-ethyl adjacent to an activating group) is 1. The largest absolute Gasteiger partial charge is 0.328 e. The van der Waals surface area contributed by atoms with Gasteiger partial charge in [-0.05, 0) is 17.0 Å². The fourth-order valence-electron chi connectivity index (χ4n) is 3.62. The van der Waals surface area contributed by atoms with Gasteiger partial charge in [-0.25, -0.2) is 0 Å². The van der Waals surface area contributed by atoms with Crippen LogP contribution in [0.3, 0.4) is 0 Å². The second-order valence-electron chi connectivity index (χ2n) is 6.20. The molecule has 2 aliphatic rings. The first kappa shape index (κ1) is 13.8. The van der Waals surface area contributed by atoms with E-state index in [-0.39, 0.29) is 0 Å². The van der Waals surface area contributed by atoms with E-state index in [0.29, 0.717) is 6.04 Å². The fourth-order valence-corrected chi connectivity index (χ4v) is 5.80. The molecule has 1 aromatic heterocycles. The van der Waals surface area contributed by atoms with Crippen LogP contribution in [0.5, 0.6) is 0 Å². The van der Waals surface area contributed by atoms with Crippen LogP contribution in [-0.2, 0) is 5.75 Å². The summed E-state index contributed by atoms with van der Waals surface area (Å²) in [6, 6.07) is 12.0. The highest BCUT2D eigenvalue weighted by Crippen LogP contribution is 2.41. The fraction of sp³-hybridized carbons (Fsp3) is 0.412. The summed E-state index contributed by atoms with van der Waals surface area (Å²) in [7, 11) is 2.32. The highest BCUT2D eigenvalue weighted by atomic mass is 32.2. The summed E-state index contributed by atoms with van der Waals surface area (Å²) in [5, 5.41) is 2.28. The monoisotopic (exact) mass is 318 g/mol. The smallest absolute Gasteiger partial charge is 0.141 e. The van der Waals surface area contributed by atoms with E-state index in [1.165, 1.54) is 36.0 Å². The Balaban J connectivity index is 1.78. The van der Waals surface area contributed by atoms with Crippen LogP contribution < -0.4 is 9.80 Å². The standard InChI is InChI=1S/C17H20N2S2/c1-18-7-9-19(10-8-18)16-14-5-3-2-4-13(14)12-21-17-15(16)6-11-20-17/h2-6,11,16H,7-10,12H2,1H3/p+2/t16-/m1/s1. The molecule has 1 aromatic carbocycles. The number of thiophene rings is 1. The van der Waals surface area contributed by atoms with Gasteiger partial charge in [0.15, 0.2) is 0 Å². The van der Waals surface area contributed by atoms with E-state index in [0.717, 1.165) is 5.75 Å². The highest BCUT2D eigenvalue weighted by molar-refractivity contribution is 8.00. The predicted molar refractivity (Wildman–Crippen MR) is 89.5 cm³/mol. The number of fused-ring (bicyclic) bond motifs is 2. The highest BCUT2D eigenvalue weighted by Gasteiger charge is 2.35. The molecule has 1 atom stereocenters. The molecule has 1 saturated heterocycles. The van der Waals surface area contributed by atoms with Crippen LogP contribution in [0.25, 0.3) is 0 Å². The molecule has 0 bridgehead atoms. The molecule has 4 heteroatoms. The van der Waals surface area contributed by atoms with E-state index in [1.54, 1.807) is 20.9 Å². The van der Waals surface area contributed by atoms with Crippen molar-refractivity contribution in [1.29, 1.82) is 0 Å². The summed E-state index contributed by atoms with van der Waals surface area (Å²) in [6.07, 6.45) is 0. The van der Waals surface area contributed by atoms with Gasteiger partial charge in [0.1, 0.15) is 32.2 Å². The van der Waals surface area contributed by atoms with Crippen molar-refractivity contribution in [1.82, 2.24) is 0 Å². The number of hydrogen-bond donors (Lipinski definition) is 2. The van der Waals surface area contributed by atoms with Crippen molar-refractivity contribution in [3.05, 3.63) is 52.4 Å². The number of rotatable bonds is 1. The molecule has 0 spiro atoms. The maximum atomic E-state index is 2.37. The van der Waals surface area contributed by atoms with Crippen molar-refractivity contribution in [3.63, 3.8) is 0 Å². The molecule has 2 N–H and O–H groups in total. The van der Waals surface area contributed by atoms with Crippen molar-refractivity contribution < 1.29 is 9.80 Å². The van der Waals surface area contributed by atoms with Gasteiger partial charge in [0, 0.05) is 16.9 Å². The second kappa shape index (κ2) is 5.76. The van der Waals surface area contributed by atoms with Crippen molar-refractivity contribution in [2.75, 3.05) is 33.2 Å². The molecule has 1 fully saturated rings. The van der Waals surface area contributed by atoms with Crippen LogP contribution in [0.1, 0.15) is 22.7 Å². The van der Waals surface area contributed by atoms with Crippen LogP contribution in [0.2, 0.25) is 0 Å². The molecule has 0 radical (unpaired) electrons. The van der Waals surface area contributed by atoms with E-state index in [2.05, 4.69) is 42.8 Å². The van der Waals surface area contributed by atoms with Crippen molar-refractivity contribution in [3.8, 4) is 0 Å². The van der Waals surface area contributed by atoms with Gasteiger partial charge < -0.3 is 9.80 Å². The minimum Gasteiger partial charge on any atom is -0.328 e. The molecule has 4 rings (SSSR count). The summed E-state index contributed by atoms with van der Waals surface area (Å²) < 4.78 is 1.54. The van der Waals surface area contributed by atoms with Gasteiger partial charge in [0.2, 0.25) is 0 Å². The van der Waals surface area contributed by atoms with Crippen LogP contribution in [0.4, 0.5) is 0 Å². The molecule has 2 aromatic rings. The first-order chi connectivity index (χ1) is 10.3. The summed E-state index contributed by atoms with van der Waals surface area (Å²) in [4.78, 5) is 3.44. The maximum Gasteiger partial charge on any atom is 0.141 e. The van der Waals surface area contributed by atoms with Crippen molar-refractivity contribution in [2.24, 2.45) is 0 Å². The van der Waals surface area contributed by atoms with E-state index in [9.17, 15) is 0 Å². The Morgan fingerprint density at radius 1 is 1.00 bits per heavy atom. The molecule has 21 heavy (non-hydrogen) atoms. The number of hydrogen-bond acceptors (Lipinski definition) is 2. The van der Waals surface area contributed by atoms with Crippen LogP contribution in [0.15, 0.2) is 39.9 Å². The van der Waals surface area contributed by atoms with E-state index in [4.69, 9.17) is 0 Å². The third-order valence-corrected chi connectivity index (χ3v) is 7.17. The van der Waals surface area contributed by atoms with Gasteiger partial charge >= 0.3 is 0 Å². The second-order valence-corrected chi connectivity index (χ2v) is 8.36. The van der Waals surface area contributed by atoms with Gasteiger partial charge in [-0.1, -0.05) is 24.3 Å². The van der Waals surface area contributed by atoms with Gasteiger partial charge in [0.25, 0.3) is 0 Å². The Bertz CT molecular complexity index is 629. The lowest BCUT2D eigenvalue weighted by atomic mass is 9.95. The summed E-state index contributed by atoms with van der Waals surface area (Å²) in [5.41, 5.74) is 4.68. The molecule has 0 saturated carbocycles. The number of quaternary nitrogens is 2. The van der Waals surface area contributed by atoms with Crippen molar-refractivity contribution in [2.45, 2.75) is 16.0 Å². The minimum atomic E-state index is 0.547. The zero-order valence-electron chi connectivity index (χ0n) is 12.4. The van der Waals surface area contributed by atoms with Crippen molar-refractivity contribution >= 4 is 23.1 Å². The van der Waals surface area contributed by atoms with Gasteiger partial charge in [-0.15, -0.1) is 23.1 Å². The van der Waals surface area contributed by atoms with Gasteiger partial charge in [0.05, 0.1) is 11.3 Å². The molecule has 0 unspecified atom stereocenters. The first-order valence-electron chi connectivity index (χ1n) is 7.77. The lowest BCUT2D eigenvalue weighted by Crippen LogP contribution is -3.27. The molecule has 110 valence electrons. The summed E-state index contributed by atoms with van der Waals surface area (Å²) in [6.45, 7) is 5.15. The summed E-state index contributed by atoms with van der Waals surface area (Å²) >= 11 is 3.95. The average Bonchev–Trinajstić information content (AvgIpc) is 2.91. The van der Waals surface area contributed by atoms with Crippen LogP contribution in [-0.4, -0.2) is 33.2 Å². The third kappa shape index (κ3) is 2.55. The molecule has 0 amide bonds. The normalized spacial score (nSPS) is 28.5. The molecule has 0 aliphatic carbocycles. The molecular formula is C17H22N2S2+2. The minimum absolute atomic E-state index is 0.547. The Hall–Kier alpha value is -0.810.